The summed E-state index contributed by atoms with van der Waals surface area (Å²) in [7, 11) is 0. The van der Waals surface area contributed by atoms with Gasteiger partial charge in [-0.15, -0.1) is 0 Å². The Morgan fingerprint density at radius 3 is 2.62 bits per heavy atom. The summed E-state index contributed by atoms with van der Waals surface area (Å²) in [6.07, 6.45) is 9.80. The Morgan fingerprint density at radius 2 is 1.94 bits per heavy atom. The molecule has 3 aliphatic rings. The third-order valence-corrected chi connectivity index (χ3v) is 7.06. The standard InChI is InChI=1S/C24H28ClFN4O2/c25-17-13-27-24(28-14-17)30-8-5-15(6-9-30)21-11-16(21)7-10-32-19-3-4-20(22(26)12-19)23(31)29-18-1-2-18/h3-4,12-16,18,21H,1-2,5-11H2,(H,29,31)/t16-,21-/m1/s1. The molecule has 3 fully saturated rings. The van der Waals surface area contributed by atoms with Crippen molar-refractivity contribution in [1.82, 2.24) is 15.3 Å². The van der Waals surface area contributed by atoms with Gasteiger partial charge >= 0.3 is 0 Å². The van der Waals surface area contributed by atoms with Gasteiger partial charge in [0.2, 0.25) is 5.95 Å². The zero-order valence-corrected chi connectivity index (χ0v) is 18.7. The maximum Gasteiger partial charge on any atom is 0.254 e. The molecule has 1 N–H and O–H groups in total. The Bertz CT molecular complexity index is 961. The lowest BCUT2D eigenvalue weighted by Gasteiger charge is -2.32. The highest BCUT2D eigenvalue weighted by Gasteiger charge is 2.43. The molecule has 2 aliphatic carbocycles. The summed E-state index contributed by atoms with van der Waals surface area (Å²) in [6, 6.07) is 4.73. The van der Waals surface area contributed by atoms with Crippen molar-refractivity contribution in [1.29, 1.82) is 0 Å². The lowest BCUT2D eigenvalue weighted by atomic mass is 9.90. The average molecular weight is 459 g/mol. The van der Waals surface area contributed by atoms with Crippen molar-refractivity contribution < 1.29 is 13.9 Å². The summed E-state index contributed by atoms with van der Waals surface area (Å²) in [5.41, 5.74) is 0.0850. The third kappa shape index (κ3) is 5.14. The maximum absolute atomic E-state index is 14.3. The van der Waals surface area contributed by atoms with Crippen molar-refractivity contribution in [3.05, 3.63) is 47.0 Å². The molecule has 2 saturated carbocycles. The van der Waals surface area contributed by atoms with E-state index in [2.05, 4.69) is 20.2 Å². The van der Waals surface area contributed by atoms with Gasteiger partial charge in [0.05, 0.1) is 29.6 Å². The molecule has 0 unspecified atom stereocenters. The molecule has 6 nitrogen and oxygen atoms in total. The number of nitrogens with one attached hydrogen (secondary N) is 1. The number of piperidine rings is 1. The second-order valence-electron chi connectivity index (χ2n) is 9.21. The minimum Gasteiger partial charge on any atom is -0.493 e. The van der Waals surface area contributed by atoms with E-state index in [9.17, 15) is 9.18 Å². The van der Waals surface area contributed by atoms with E-state index in [0.29, 0.717) is 23.3 Å². The van der Waals surface area contributed by atoms with Gasteiger partial charge in [-0.05, 0) is 68.4 Å². The van der Waals surface area contributed by atoms with Crippen LogP contribution in [0.2, 0.25) is 5.02 Å². The van der Waals surface area contributed by atoms with Crippen LogP contribution in [-0.2, 0) is 0 Å². The second kappa shape index (κ2) is 9.22. The molecule has 8 heteroatoms. The first-order chi connectivity index (χ1) is 15.6. The van der Waals surface area contributed by atoms with E-state index in [1.54, 1.807) is 18.5 Å². The topological polar surface area (TPSA) is 67.3 Å². The maximum atomic E-state index is 14.3. The number of rotatable bonds is 8. The van der Waals surface area contributed by atoms with Gasteiger partial charge in [0.25, 0.3) is 5.91 Å². The Morgan fingerprint density at radius 1 is 1.19 bits per heavy atom. The molecule has 0 radical (unpaired) electrons. The number of amides is 1. The number of carbonyl (C=O) groups excluding carboxylic acids is 1. The molecule has 1 aromatic heterocycles. The van der Waals surface area contributed by atoms with Crippen molar-refractivity contribution in [2.24, 2.45) is 17.8 Å². The van der Waals surface area contributed by atoms with Crippen LogP contribution in [0, 0.1) is 23.6 Å². The van der Waals surface area contributed by atoms with Crippen molar-refractivity contribution in [3.8, 4) is 5.75 Å². The largest absolute Gasteiger partial charge is 0.493 e. The number of nitrogens with zero attached hydrogens (tertiary/aromatic N) is 3. The molecule has 5 rings (SSSR count). The van der Waals surface area contributed by atoms with Gasteiger partial charge in [0.15, 0.2) is 0 Å². The minimum absolute atomic E-state index is 0.0850. The molecule has 0 bridgehead atoms. The van der Waals surface area contributed by atoms with Crippen LogP contribution in [0.5, 0.6) is 5.75 Å². The predicted molar refractivity (Wildman–Crippen MR) is 121 cm³/mol. The molecule has 1 saturated heterocycles. The van der Waals surface area contributed by atoms with Crippen LogP contribution in [0.4, 0.5) is 10.3 Å². The van der Waals surface area contributed by atoms with E-state index in [1.807, 2.05) is 0 Å². The molecule has 1 amide bonds. The summed E-state index contributed by atoms with van der Waals surface area (Å²) in [5, 5.41) is 3.37. The van der Waals surface area contributed by atoms with Gasteiger partial charge < -0.3 is 15.0 Å². The van der Waals surface area contributed by atoms with Crippen LogP contribution in [0.3, 0.4) is 0 Å². The van der Waals surface area contributed by atoms with Gasteiger partial charge in [0.1, 0.15) is 11.6 Å². The number of benzene rings is 1. The smallest absolute Gasteiger partial charge is 0.254 e. The van der Waals surface area contributed by atoms with Crippen molar-refractivity contribution >= 4 is 23.5 Å². The van der Waals surface area contributed by atoms with E-state index >= 15 is 0 Å². The lowest BCUT2D eigenvalue weighted by molar-refractivity contribution is 0.0947. The fourth-order valence-electron chi connectivity index (χ4n) is 4.77. The summed E-state index contributed by atoms with van der Waals surface area (Å²) in [6.45, 7) is 2.53. The van der Waals surface area contributed by atoms with E-state index in [0.717, 1.165) is 63.0 Å². The first-order valence-corrected chi connectivity index (χ1v) is 11.9. The Labute approximate surface area is 192 Å². The first-order valence-electron chi connectivity index (χ1n) is 11.5. The summed E-state index contributed by atoms with van der Waals surface area (Å²) in [5.74, 6) is 2.57. The van der Waals surface area contributed by atoms with Crippen LogP contribution in [0.1, 0.15) is 48.9 Å². The molecule has 32 heavy (non-hydrogen) atoms. The third-order valence-electron chi connectivity index (χ3n) is 6.87. The van der Waals surface area contributed by atoms with E-state index < -0.39 is 5.82 Å². The molecular weight excluding hydrogens is 431 g/mol. The molecule has 1 aliphatic heterocycles. The predicted octanol–water partition coefficient (Wildman–Crippen LogP) is 4.48. The molecule has 0 spiro atoms. The Balaban J connectivity index is 1.03. The van der Waals surface area contributed by atoms with Crippen LogP contribution >= 0.6 is 11.6 Å². The van der Waals surface area contributed by atoms with Crippen LogP contribution in [-0.4, -0.2) is 41.6 Å². The van der Waals surface area contributed by atoms with Gasteiger partial charge in [-0.2, -0.15) is 0 Å². The van der Waals surface area contributed by atoms with Gasteiger partial charge in [0, 0.05) is 25.2 Å². The number of carbonyl (C=O) groups is 1. The number of aromatic nitrogens is 2. The van der Waals surface area contributed by atoms with E-state index in [1.165, 1.54) is 18.6 Å². The zero-order chi connectivity index (χ0) is 22.1. The van der Waals surface area contributed by atoms with Crippen LogP contribution in [0.15, 0.2) is 30.6 Å². The molecule has 1 aromatic carbocycles. The summed E-state index contributed by atoms with van der Waals surface area (Å²) < 4.78 is 20.1. The molecule has 170 valence electrons. The highest BCUT2D eigenvalue weighted by Crippen LogP contribution is 2.49. The first kappa shape index (κ1) is 21.4. The number of halogens is 2. The highest BCUT2D eigenvalue weighted by atomic mass is 35.5. The highest BCUT2D eigenvalue weighted by molar-refractivity contribution is 6.30. The number of anilines is 1. The lowest BCUT2D eigenvalue weighted by Crippen LogP contribution is -2.35. The fourth-order valence-corrected chi connectivity index (χ4v) is 4.86. The quantitative estimate of drug-likeness (QED) is 0.631. The van der Waals surface area contributed by atoms with Crippen molar-refractivity contribution in [2.45, 2.75) is 44.6 Å². The number of hydrogen-bond donors (Lipinski definition) is 1. The second-order valence-corrected chi connectivity index (χ2v) is 9.65. The Hall–Kier alpha value is -2.41. The van der Waals surface area contributed by atoms with Gasteiger partial charge in [-0.25, -0.2) is 14.4 Å². The normalized spacial score (nSPS) is 23.1. The fraction of sp³-hybridized carbons (Fsp3) is 0.542. The van der Waals surface area contributed by atoms with Gasteiger partial charge in [-0.3, -0.25) is 4.79 Å². The molecule has 2 atom stereocenters. The number of hydrogen-bond acceptors (Lipinski definition) is 5. The van der Waals surface area contributed by atoms with Crippen LogP contribution < -0.4 is 15.0 Å². The minimum atomic E-state index is -0.527. The molecular formula is C24H28ClFN4O2. The van der Waals surface area contributed by atoms with E-state index in [-0.39, 0.29) is 17.5 Å². The van der Waals surface area contributed by atoms with Gasteiger partial charge in [-0.1, -0.05) is 11.6 Å². The van der Waals surface area contributed by atoms with Crippen molar-refractivity contribution in [2.75, 3.05) is 24.6 Å². The van der Waals surface area contributed by atoms with E-state index in [4.69, 9.17) is 16.3 Å². The molecule has 2 aromatic rings. The summed E-state index contributed by atoms with van der Waals surface area (Å²) >= 11 is 5.88. The average Bonchev–Trinajstić information content (AvgIpc) is 3.72. The molecule has 2 heterocycles. The number of ether oxygens (including phenoxy) is 1. The SMILES string of the molecule is O=C(NC1CC1)c1ccc(OCC[C@@H]2C[C@@H]2C2CCN(c3ncc(Cl)cn3)CC2)cc1F. The van der Waals surface area contributed by atoms with Crippen molar-refractivity contribution in [3.63, 3.8) is 0 Å². The Kier molecular flexibility index (Phi) is 6.17. The zero-order valence-electron chi connectivity index (χ0n) is 18.0. The van der Waals surface area contributed by atoms with Crippen LogP contribution in [0.25, 0.3) is 0 Å². The monoisotopic (exact) mass is 458 g/mol. The summed E-state index contributed by atoms with van der Waals surface area (Å²) in [4.78, 5) is 22.9.